The lowest BCUT2D eigenvalue weighted by Gasteiger charge is -2.21. The van der Waals surface area contributed by atoms with Gasteiger partial charge in [-0.3, -0.25) is 4.79 Å². The Morgan fingerprint density at radius 2 is 1.72 bits per heavy atom. The van der Waals surface area contributed by atoms with E-state index in [-0.39, 0.29) is 16.7 Å². The molecule has 0 aromatic rings. The van der Waals surface area contributed by atoms with Gasteiger partial charge in [0.25, 0.3) is 0 Å². The molecule has 0 aromatic carbocycles. The highest BCUT2D eigenvalue weighted by atomic mass is 16.2. The molecule has 2 atom stereocenters. The summed E-state index contributed by atoms with van der Waals surface area (Å²) in [5, 5.41) is 0. The molecule has 1 amide bonds. The molecular weight excluding hydrogens is 224 g/mol. The Hall–Kier alpha value is -0.570. The molecule has 3 rings (SSSR count). The van der Waals surface area contributed by atoms with Crippen LogP contribution in [0.15, 0.2) is 0 Å². The number of rotatable bonds is 1. The summed E-state index contributed by atoms with van der Waals surface area (Å²) >= 11 is 0. The summed E-state index contributed by atoms with van der Waals surface area (Å²) in [6, 6.07) is 0.624. The van der Waals surface area contributed by atoms with Crippen LogP contribution in [0, 0.1) is 22.7 Å². The normalized spacial score (nSPS) is 37.9. The maximum atomic E-state index is 12.7. The van der Waals surface area contributed by atoms with E-state index in [4.69, 9.17) is 0 Å². The van der Waals surface area contributed by atoms with Crippen LogP contribution in [0.1, 0.15) is 34.1 Å². The third-order valence-corrected chi connectivity index (χ3v) is 6.40. The van der Waals surface area contributed by atoms with Gasteiger partial charge in [-0.25, -0.2) is 0 Å². The van der Waals surface area contributed by atoms with Crippen LogP contribution in [0.5, 0.6) is 0 Å². The fraction of sp³-hybridized carbons (Fsp3) is 0.933. The first-order chi connectivity index (χ1) is 8.26. The van der Waals surface area contributed by atoms with E-state index in [0.29, 0.717) is 11.9 Å². The molecule has 3 heteroatoms. The second-order valence-corrected chi connectivity index (χ2v) is 7.72. The smallest absolute Gasteiger partial charge is 0.226 e. The first-order valence-corrected chi connectivity index (χ1v) is 7.26. The van der Waals surface area contributed by atoms with Crippen LogP contribution in [-0.2, 0) is 4.79 Å². The molecule has 2 heterocycles. The second kappa shape index (κ2) is 3.50. The van der Waals surface area contributed by atoms with Gasteiger partial charge in [-0.1, -0.05) is 27.7 Å². The summed E-state index contributed by atoms with van der Waals surface area (Å²) in [7, 11) is 2.20. The molecule has 2 saturated heterocycles. The number of carbonyl (C=O) groups excluding carboxylic acids is 1. The molecule has 18 heavy (non-hydrogen) atoms. The summed E-state index contributed by atoms with van der Waals surface area (Å²) in [5.74, 6) is 1.37. The maximum absolute atomic E-state index is 12.7. The first kappa shape index (κ1) is 12.5. The second-order valence-electron chi connectivity index (χ2n) is 7.72. The largest absolute Gasteiger partial charge is 0.341 e. The Morgan fingerprint density at radius 1 is 1.11 bits per heavy atom. The minimum atomic E-state index is 0.174. The van der Waals surface area contributed by atoms with E-state index >= 15 is 0 Å². The van der Waals surface area contributed by atoms with Crippen LogP contribution in [0.4, 0.5) is 0 Å². The van der Waals surface area contributed by atoms with Crippen molar-refractivity contribution in [1.82, 2.24) is 9.80 Å². The fourth-order valence-corrected chi connectivity index (χ4v) is 4.35. The van der Waals surface area contributed by atoms with Gasteiger partial charge < -0.3 is 9.80 Å². The Bertz CT molecular complexity index is 374. The van der Waals surface area contributed by atoms with Crippen molar-refractivity contribution in [2.75, 3.05) is 26.7 Å². The van der Waals surface area contributed by atoms with Gasteiger partial charge in [0.05, 0.1) is 0 Å². The van der Waals surface area contributed by atoms with Gasteiger partial charge in [-0.15, -0.1) is 0 Å². The highest BCUT2D eigenvalue weighted by molar-refractivity contribution is 5.84. The molecule has 0 N–H and O–H groups in total. The average Bonchev–Trinajstić information content (AvgIpc) is 2.67. The number of nitrogens with zero attached hydrogens (tertiary/aromatic N) is 2. The SMILES string of the molecule is CN1CC[C@@H]2CN(C(=O)C3C(C)(C)C3(C)C)C[C@@H]21. The molecule has 0 aromatic heterocycles. The lowest BCUT2D eigenvalue weighted by molar-refractivity contribution is -0.133. The summed E-state index contributed by atoms with van der Waals surface area (Å²) in [5.41, 5.74) is 0.349. The lowest BCUT2D eigenvalue weighted by atomic mass is 10.0. The number of amides is 1. The van der Waals surface area contributed by atoms with Gasteiger partial charge >= 0.3 is 0 Å². The van der Waals surface area contributed by atoms with Gasteiger partial charge in [0.15, 0.2) is 0 Å². The summed E-state index contributed by atoms with van der Waals surface area (Å²) in [6.07, 6.45) is 1.27. The standard InChI is InChI=1S/C15H26N2O/c1-14(2)12(15(14,3)4)13(18)17-8-10-6-7-16(5)11(10)9-17/h10-12H,6-9H2,1-5H3/t10-,11+/m1/s1. The molecule has 3 fully saturated rings. The number of fused-ring (bicyclic) bond motifs is 1. The highest BCUT2D eigenvalue weighted by Crippen LogP contribution is 2.69. The van der Waals surface area contributed by atoms with E-state index in [2.05, 4.69) is 44.5 Å². The van der Waals surface area contributed by atoms with E-state index in [0.717, 1.165) is 19.0 Å². The summed E-state index contributed by atoms with van der Waals surface area (Å²) in [6.45, 7) is 12.1. The van der Waals surface area contributed by atoms with E-state index < -0.39 is 0 Å². The van der Waals surface area contributed by atoms with Crippen LogP contribution in [0.2, 0.25) is 0 Å². The van der Waals surface area contributed by atoms with Crippen molar-refractivity contribution in [2.45, 2.75) is 40.2 Å². The van der Waals surface area contributed by atoms with Gasteiger partial charge in [0.2, 0.25) is 5.91 Å². The summed E-state index contributed by atoms with van der Waals surface area (Å²) < 4.78 is 0. The quantitative estimate of drug-likeness (QED) is 0.709. The number of likely N-dealkylation sites (tertiary alicyclic amines) is 2. The Kier molecular flexibility index (Phi) is 2.42. The molecule has 2 aliphatic heterocycles. The molecule has 0 bridgehead atoms. The van der Waals surface area contributed by atoms with Gasteiger partial charge in [-0.05, 0) is 36.8 Å². The van der Waals surface area contributed by atoms with E-state index in [1.54, 1.807) is 0 Å². The molecule has 1 saturated carbocycles. The Balaban J connectivity index is 1.70. The zero-order valence-electron chi connectivity index (χ0n) is 12.4. The first-order valence-electron chi connectivity index (χ1n) is 7.26. The highest BCUT2D eigenvalue weighted by Gasteiger charge is 2.69. The van der Waals surface area contributed by atoms with Crippen molar-refractivity contribution >= 4 is 5.91 Å². The molecule has 1 aliphatic carbocycles. The van der Waals surface area contributed by atoms with Crippen molar-refractivity contribution < 1.29 is 4.79 Å². The summed E-state index contributed by atoms with van der Waals surface area (Å²) in [4.78, 5) is 17.3. The van der Waals surface area contributed by atoms with Crippen LogP contribution in [-0.4, -0.2) is 48.4 Å². The zero-order valence-corrected chi connectivity index (χ0v) is 12.4. The van der Waals surface area contributed by atoms with Gasteiger partial charge in [0.1, 0.15) is 0 Å². The Labute approximate surface area is 111 Å². The number of hydrogen-bond donors (Lipinski definition) is 0. The number of carbonyl (C=O) groups is 1. The van der Waals surface area contributed by atoms with Crippen molar-refractivity contribution in [3.05, 3.63) is 0 Å². The molecule has 0 spiro atoms. The van der Waals surface area contributed by atoms with Gasteiger partial charge in [-0.2, -0.15) is 0 Å². The molecule has 0 radical (unpaired) electrons. The Morgan fingerprint density at radius 3 is 2.22 bits per heavy atom. The fourth-order valence-electron chi connectivity index (χ4n) is 4.35. The molecular formula is C15H26N2O. The van der Waals surface area contributed by atoms with Gasteiger partial charge in [0, 0.05) is 25.0 Å². The molecule has 102 valence electrons. The lowest BCUT2D eigenvalue weighted by Crippen LogP contribution is -2.36. The monoisotopic (exact) mass is 250 g/mol. The van der Waals surface area contributed by atoms with E-state index in [1.165, 1.54) is 13.0 Å². The minimum absolute atomic E-state index is 0.174. The topological polar surface area (TPSA) is 23.6 Å². The third kappa shape index (κ3) is 1.43. The minimum Gasteiger partial charge on any atom is -0.341 e. The van der Waals surface area contributed by atoms with Crippen molar-refractivity contribution in [2.24, 2.45) is 22.7 Å². The average molecular weight is 250 g/mol. The van der Waals surface area contributed by atoms with Crippen molar-refractivity contribution in [1.29, 1.82) is 0 Å². The zero-order chi connectivity index (χ0) is 13.3. The van der Waals surface area contributed by atoms with Crippen LogP contribution >= 0.6 is 0 Å². The van der Waals surface area contributed by atoms with Crippen molar-refractivity contribution in [3.63, 3.8) is 0 Å². The van der Waals surface area contributed by atoms with E-state index in [1.807, 2.05) is 0 Å². The maximum Gasteiger partial charge on any atom is 0.226 e. The van der Waals surface area contributed by atoms with Crippen LogP contribution < -0.4 is 0 Å². The third-order valence-electron chi connectivity index (χ3n) is 6.40. The molecule has 3 nitrogen and oxygen atoms in total. The van der Waals surface area contributed by atoms with Crippen LogP contribution in [0.25, 0.3) is 0 Å². The van der Waals surface area contributed by atoms with E-state index in [9.17, 15) is 4.79 Å². The van der Waals surface area contributed by atoms with Crippen molar-refractivity contribution in [3.8, 4) is 0 Å². The molecule has 3 aliphatic rings. The predicted molar refractivity (Wildman–Crippen MR) is 72.2 cm³/mol. The van der Waals surface area contributed by atoms with Crippen LogP contribution in [0.3, 0.4) is 0 Å². The molecule has 0 unspecified atom stereocenters. The number of hydrogen-bond acceptors (Lipinski definition) is 2. The number of likely N-dealkylation sites (N-methyl/N-ethyl adjacent to an activating group) is 1. The predicted octanol–water partition coefficient (Wildman–Crippen LogP) is 1.83.